The first-order chi connectivity index (χ1) is 7.82. The van der Waals surface area contributed by atoms with Crippen molar-refractivity contribution >= 4 is 11.9 Å². The van der Waals surface area contributed by atoms with Gasteiger partial charge in [-0.2, -0.15) is 0 Å². The first kappa shape index (κ1) is 13.0. The normalized spacial score (nSPS) is 11.9. The molecule has 0 heterocycles. The molecule has 0 aromatic heterocycles. The van der Waals surface area contributed by atoms with Crippen LogP contribution in [-0.4, -0.2) is 23.1 Å². The Hall–Kier alpha value is -2.04. The largest absolute Gasteiger partial charge is 0.479 e. The number of primary amides is 1. The molecule has 0 aliphatic rings. The summed E-state index contributed by atoms with van der Waals surface area (Å²) in [5.74, 6) is -1.08. The minimum atomic E-state index is -1.04. The Morgan fingerprint density at radius 2 is 1.76 bits per heavy atom. The molecule has 0 unspecified atom stereocenters. The van der Waals surface area contributed by atoms with Crippen LogP contribution in [0, 0.1) is 13.8 Å². The molecule has 0 aliphatic heterocycles. The highest BCUT2D eigenvalue weighted by Gasteiger charge is 2.16. The minimum absolute atomic E-state index is 0.385. The number of hydrogen-bond donors (Lipinski definition) is 2. The Morgan fingerprint density at radius 3 is 2.12 bits per heavy atom. The number of hydrogen-bond acceptors (Lipinski definition) is 3. The Kier molecular flexibility index (Phi) is 3.73. The fraction of sp³-hybridized carbons (Fsp3) is 0.333. The first-order valence-corrected chi connectivity index (χ1v) is 5.13. The molecular formula is C12H15NO4. The van der Waals surface area contributed by atoms with Gasteiger partial charge in [-0.3, -0.25) is 4.79 Å². The van der Waals surface area contributed by atoms with E-state index in [0.29, 0.717) is 22.4 Å². The van der Waals surface area contributed by atoms with Crippen molar-refractivity contribution < 1.29 is 19.4 Å². The summed E-state index contributed by atoms with van der Waals surface area (Å²) in [6.07, 6.45) is -0.938. The standard InChI is InChI=1S/C12H15NO4/c1-6-4-9(11(13)14)5-7(2)10(6)17-8(3)12(15)16/h4-5,8H,1-3H3,(H2,13,14)(H,15,16)/t8-/m0/s1. The van der Waals surface area contributed by atoms with Crippen LogP contribution in [0.5, 0.6) is 5.75 Å². The van der Waals surface area contributed by atoms with Crippen molar-refractivity contribution in [1.29, 1.82) is 0 Å². The van der Waals surface area contributed by atoms with Crippen molar-refractivity contribution in [3.63, 3.8) is 0 Å². The van der Waals surface area contributed by atoms with E-state index in [4.69, 9.17) is 15.6 Å². The molecule has 3 N–H and O–H groups in total. The van der Waals surface area contributed by atoms with Crippen molar-refractivity contribution in [1.82, 2.24) is 0 Å². The second kappa shape index (κ2) is 4.86. The van der Waals surface area contributed by atoms with E-state index in [2.05, 4.69) is 0 Å². The second-order valence-corrected chi connectivity index (χ2v) is 3.90. The molecule has 0 aliphatic carbocycles. The number of amides is 1. The minimum Gasteiger partial charge on any atom is -0.479 e. The lowest BCUT2D eigenvalue weighted by atomic mass is 10.1. The highest BCUT2D eigenvalue weighted by molar-refractivity contribution is 5.93. The fourth-order valence-corrected chi connectivity index (χ4v) is 1.51. The lowest BCUT2D eigenvalue weighted by molar-refractivity contribution is -0.144. The van der Waals surface area contributed by atoms with E-state index in [1.165, 1.54) is 6.92 Å². The summed E-state index contributed by atoms with van der Waals surface area (Å²) in [5.41, 5.74) is 6.94. The number of aliphatic carboxylic acids is 1. The molecule has 5 nitrogen and oxygen atoms in total. The zero-order valence-corrected chi connectivity index (χ0v) is 9.98. The van der Waals surface area contributed by atoms with Crippen molar-refractivity contribution in [3.8, 4) is 5.75 Å². The van der Waals surface area contributed by atoms with Gasteiger partial charge in [-0.15, -0.1) is 0 Å². The predicted molar refractivity (Wildman–Crippen MR) is 62.2 cm³/mol. The Labute approximate surface area is 99.2 Å². The zero-order chi connectivity index (χ0) is 13.2. The van der Waals surface area contributed by atoms with Crippen molar-refractivity contribution in [2.45, 2.75) is 26.9 Å². The smallest absolute Gasteiger partial charge is 0.344 e. The van der Waals surface area contributed by atoms with Crippen LogP contribution in [0.2, 0.25) is 0 Å². The third-order valence-corrected chi connectivity index (χ3v) is 2.39. The van der Waals surface area contributed by atoms with Gasteiger partial charge in [0.15, 0.2) is 6.10 Å². The van der Waals surface area contributed by atoms with E-state index in [1.807, 2.05) is 0 Å². The van der Waals surface area contributed by atoms with Crippen LogP contribution >= 0.6 is 0 Å². The van der Waals surface area contributed by atoms with E-state index in [9.17, 15) is 9.59 Å². The highest BCUT2D eigenvalue weighted by atomic mass is 16.5. The lowest BCUT2D eigenvalue weighted by Gasteiger charge is -2.16. The van der Waals surface area contributed by atoms with Gasteiger partial charge in [-0.05, 0) is 44.0 Å². The predicted octanol–water partition coefficient (Wildman–Crippen LogP) is 1.25. The number of carbonyl (C=O) groups excluding carboxylic acids is 1. The van der Waals surface area contributed by atoms with Gasteiger partial charge in [-0.1, -0.05) is 0 Å². The molecule has 1 rings (SSSR count). The van der Waals surface area contributed by atoms with Gasteiger partial charge < -0.3 is 15.6 Å². The maximum absolute atomic E-state index is 11.0. The van der Waals surface area contributed by atoms with Crippen LogP contribution in [0.1, 0.15) is 28.4 Å². The number of carboxylic acid groups (broad SMARTS) is 1. The molecule has 0 spiro atoms. The van der Waals surface area contributed by atoms with Gasteiger partial charge >= 0.3 is 5.97 Å². The van der Waals surface area contributed by atoms with E-state index >= 15 is 0 Å². The van der Waals surface area contributed by atoms with Crippen LogP contribution in [0.4, 0.5) is 0 Å². The summed E-state index contributed by atoms with van der Waals surface area (Å²) in [5, 5.41) is 8.77. The fourth-order valence-electron chi connectivity index (χ4n) is 1.51. The molecule has 0 saturated heterocycles. The highest BCUT2D eigenvalue weighted by Crippen LogP contribution is 2.25. The van der Waals surface area contributed by atoms with Crippen LogP contribution in [0.25, 0.3) is 0 Å². The lowest BCUT2D eigenvalue weighted by Crippen LogP contribution is -2.24. The maximum atomic E-state index is 11.0. The van der Waals surface area contributed by atoms with Gasteiger partial charge in [0.2, 0.25) is 5.91 Å². The average molecular weight is 237 g/mol. The summed E-state index contributed by atoms with van der Waals surface area (Å²) in [4.78, 5) is 21.7. The third kappa shape index (κ3) is 2.96. The van der Waals surface area contributed by atoms with Gasteiger partial charge in [-0.25, -0.2) is 4.79 Å². The molecule has 0 fully saturated rings. The SMILES string of the molecule is Cc1cc(C(N)=O)cc(C)c1O[C@@H](C)C(=O)O. The van der Waals surface area contributed by atoms with Gasteiger partial charge in [0.05, 0.1) is 0 Å². The monoisotopic (exact) mass is 237 g/mol. The van der Waals surface area contributed by atoms with Crippen molar-refractivity contribution in [2.24, 2.45) is 5.73 Å². The van der Waals surface area contributed by atoms with E-state index in [0.717, 1.165) is 0 Å². The molecule has 0 radical (unpaired) electrons. The Balaban J connectivity index is 3.10. The molecule has 1 aromatic rings. The third-order valence-electron chi connectivity index (χ3n) is 2.39. The Bertz CT molecular complexity index is 445. The van der Waals surface area contributed by atoms with E-state index < -0.39 is 18.0 Å². The molecule has 1 aromatic carbocycles. The number of rotatable bonds is 4. The zero-order valence-electron chi connectivity index (χ0n) is 9.98. The maximum Gasteiger partial charge on any atom is 0.344 e. The van der Waals surface area contributed by atoms with E-state index in [-0.39, 0.29) is 0 Å². The van der Waals surface area contributed by atoms with E-state index in [1.54, 1.807) is 26.0 Å². The molecule has 92 valence electrons. The van der Waals surface area contributed by atoms with Gasteiger partial charge in [0, 0.05) is 5.56 Å². The van der Waals surface area contributed by atoms with Gasteiger partial charge in [0.25, 0.3) is 0 Å². The summed E-state index contributed by atoms with van der Waals surface area (Å²) in [7, 11) is 0. The Morgan fingerprint density at radius 1 is 1.29 bits per heavy atom. The topological polar surface area (TPSA) is 89.6 Å². The number of carboxylic acids is 1. The molecule has 1 amide bonds. The average Bonchev–Trinajstić information content (AvgIpc) is 2.22. The number of nitrogens with two attached hydrogens (primary N) is 1. The molecule has 0 bridgehead atoms. The summed E-state index contributed by atoms with van der Waals surface area (Å²) in [6, 6.07) is 3.17. The van der Waals surface area contributed by atoms with Crippen LogP contribution in [-0.2, 0) is 4.79 Å². The molecule has 17 heavy (non-hydrogen) atoms. The van der Waals surface area contributed by atoms with Crippen LogP contribution in [0.15, 0.2) is 12.1 Å². The van der Waals surface area contributed by atoms with Crippen molar-refractivity contribution in [2.75, 3.05) is 0 Å². The quantitative estimate of drug-likeness (QED) is 0.824. The molecule has 1 atom stereocenters. The van der Waals surface area contributed by atoms with Crippen LogP contribution < -0.4 is 10.5 Å². The summed E-state index contributed by atoms with van der Waals surface area (Å²) >= 11 is 0. The molecule has 0 saturated carbocycles. The van der Waals surface area contributed by atoms with Crippen molar-refractivity contribution in [3.05, 3.63) is 28.8 Å². The first-order valence-electron chi connectivity index (χ1n) is 5.13. The number of aryl methyl sites for hydroxylation is 2. The number of ether oxygens (including phenoxy) is 1. The summed E-state index contributed by atoms with van der Waals surface area (Å²) in [6.45, 7) is 4.93. The molecular weight excluding hydrogens is 222 g/mol. The molecule has 5 heteroatoms. The second-order valence-electron chi connectivity index (χ2n) is 3.90. The van der Waals surface area contributed by atoms with Gasteiger partial charge in [0.1, 0.15) is 5.75 Å². The summed E-state index contributed by atoms with van der Waals surface area (Å²) < 4.78 is 5.32. The number of carbonyl (C=O) groups is 2. The number of benzene rings is 1. The van der Waals surface area contributed by atoms with Crippen LogP contribution in [0.3, 0.4) is 0 Å².